The molecule has 0 fully saturated rings. The van der Waals surface area contributed by atoms with Crippen molar-refractivity contribution in [3.8, 4) is 0 Å². The first-order valence-electron chi connectivity index (χ1n) is 6.03. The molecule has 0 spiro atoms. The topological polar surface area (TPSA) is 50.2 Å². The molecule has 1 aromatic carbocycles. The average Bonchev–Trinajstić information content (AvgIpc) is 2.39. The maximum Gasteiger partial charge on any atom is 0.338 e. The Hall–Kier alpha value is -1.81. The van der Waals surface area contributed by atoms with Crippen molar-refractivity contribution in [3.63, 3.8) is 0 Å². The second-order valence-corrected chi connectivity index (χ2v) is 5.33. The molecule has 0 unspecified atom stereocenters. The minimum Gasteiger partial charge on any atom is -0.478 e. The highest BCUT2D eigenvalue weighted by molar-refractivity contribution is 7.99. The van der Waals surface area contributed by atoms with Gasteiger partial charge in [0.1, 0.15) is 5.03 Å². The maximum atomic E-state index is 11.0. The van der Waals surface area contributed by atoms with Crippen LogP contribution in [0, 0.1) is 6.92 Å². The average molecular weight is 273 g/mol. The largest absolute Gasteiger partial charge is 0.478 e. The zero-order valence-corrected chi connectivity index (χ0v) is 11.5. The lowest BCUT2D eigenvalue weighted by atomic mass is 10.1. The summed E-state index contributed by atoms with van der Waals surface area (Å²) in [5.74, 6) is -0.105. The number of carboxylic acids is 1. The Morgan fingerprint density at radius 2 is 2.16 bits per heavy atom. The van der Waals surface area contributed by atoms with Crippen LogP contribution in [-0.2, 0) is 6.42 Å². The highest BCUT2D eigenvalue weighted by atomic mass is 32.2. The van der Waals surface area contributed by atoms with Crippen molar-refractivity contribution in [2.75, 3.05) is 5.75 Å². The molecule has 19 heavy (non-hydrogen) atoms. The fourth-order valence-corrected chi connectivity index (χ4v) is 2.78. The molecular weight excluding hydrogens is 258 g/mol. The van der Waals surface area contributed by atoms with E-state index >= 15 is 0 Å². The summed E-state index contributed by atoms with van der Waals surface area (Å²) < 4.78 is 0. The van der Waals surface area contributed by atoms with Crippen molar-refractivity contribution in [3.05, 3.63) is 59.3 Å². The van der Waals surface area contributed by atoms with E-state index in [4.69, 9.17) is 5.11 Å². The number of thioether (sulfide) groups is 1. The van der Waals surface area contributed by atoms with E-state index < -0.39 is 5.97 Å². The number of benzene rings is 1. The Balaban J connectivity index is 1.98. The van der Waals surface area contributed by atoms with Gasteiger partial charge in [-0.15, -0.1) is 11.8 Å². The third-order valence-electron chi connectivity index (χ3n) is 2.71. The lowest BCUT2D eigenvalue weighted by Crippen LogP contribution is -2.01. The zero-order chi connectivity index (χ0) is 13.7. The van der Waals surface area contributed by atoms with Crippen LogP contribution in [0.3, 0.4) is 0 Å². The molecule has 0 radical (unpaired) electrons. The van der Waals surface area contributed by atoms with Gasteiger partial charge in [-0.1, -0.05) is 29.8 Å². The first kappa shape index (κ1) is 13.6. The number of carbonyl (C=O) groups is 1. The van der Waals surface area contributed by atoms with Gasteiger partial charge in [0.05, 0.1) is 5.56 Å². The summed E-state index contributed by atoms with van der Waals surface area (Å²) >= 11 is 1.48. The fraction of sp³-hybridized carbons (Fsp3) is 0.200. The third kappa shape index (κ3) is 3.83. The van der Waals surface area contributed by atoms with Crippen LogP contribution in [0.25, 0.3) is 0 Å². The number of aryl methyl sites for hydroxylation is 2. The van der Waals surface area contributed by atoms with Gasteiger partial charge in [0, 0.05) is 11.9 Å². The Morgan fingerprint density at radius 3 is 2.89 bits per heavy atom. The van der Waals surface area contributed by atoms with E-state index in [1.54, 1.807) is 18.3 Å². The van der Waals surface area contributed by atoms with Gasteiger partial charge in [0.2, 0.25) is 0 Å². The van der Waals surface area contributed by atoms with Crippen LogP contribution in [-0.4, -0.2) is 21.8 Å². The molecule has 0 saturated carbocycles. The quantitative estimate of drug-likeness (QED) is 0.848. The molecule has 1 aromatic heterocycles. The normalized spacial score (nSPS) is 10.4. The molecular formula is C15H15NO2S. The number of rotatable bonds is 5. The summed E-state index contributed by atoms with van der Waals surface area (Å²) in [5, 5.41) is 9.65. The van der Waals surface area contributed by atoms with Crippen LogP contribution in [0.1, 0.15) is 21.5 Å². The number of pyridine rings is 1. The smallest absolute Gasteiger partial charge is 0.338 e. The highest BCUT2D eigenvalue weighted by Gasteiger charge is 2.10. The summed E-state index contributed by atoms with van der Waals surface area (Å²) in [6, 6.07) is 11.6. The maximum absolute atomic E-state index is 11.0. The summed E-state index contributed by atoms with van der Waals surface area (Å²) in [7, 11) is 0. The van der Waals surface area contributed by atoms with Crippen LogP contribution >= 0.6 is 11.8 Å². The van der Waals surface area contributed by atoms with E-state index in [0.29, 0.717) is 5.03 Å². The van der Waals surface area contributed by atoms with Gasteiger partial charge < -0.3 is 5.11 Å². The molecule has 3 nitrogen and oxygen atoms in total. The SMILES string of the molecule is Cc1cccc(CCSc2ncccc2C(=O)O)c1. The molecule has 0 amide bonds. The molecule has 2 rings (SSSR count). The molecule has 1 heterocycles. The molecule has 0 aliphatic heterocycles. The number of carboxylic acid groups (broad SMARTS) is 1. The third-order valence-corrected chi connectivity index (χ3v) is 3.72. The summed E-state index contributed by atoms with van der Waals surface area (Å²) in [6.07, 6.45) is 2.53. The van der Waals surface area contributed by atoms with E-state index in [1.807, 2.05) is 6.07 Å². The van der Waals surface area contributed by atoms with Crippen LogP contribution in [0.5, 0.6) is 0 Å². The van der Waals surface area contributed by atoms with Gasteiger partial charge >= 0.3 is 5.97 Å². The Morgan fingerprint density at radius 1 is 1.32 bits per heavy atom. The molecule has 1 N–H and O–H groups in total. The van der Waals surface area contributed by atoms with E-state index in [2.05, 4.69) is 30.1 Å². The van der Waals surface area contributed by atoms with Gasteiger partial charge in [0.25, 0.3) is 0 Å². The van der Waals surface area contributed by atoms with Crippen LogP contribution in [0.15, 0.2) is 47.6 Å². The molecule has 0 bridgehead atoms. The van der Waals surface area contributed by atoms with Gasteiger partial charge in [-0.05, 0) is 31.0 Å². The Labute approximate surface area is 116 Å². The van der Waals surface area contributed by atoms with Crippen molar-refractivity contribution in [1.29, 1.82) is 0 Å². The van der Waals surface area contributed by atoms with Crippen molar-refractivity contribution >= 4 is 17.7 Å². The van der Waals surface area contributed by atoms with Crippen LogP contribution < -0.4 is 0 Å². The molecule has 0 saturated heterocycles. The van der Waals surface area contributed by atoms with Gasteiger partial charge in [-0.25, -0.2) is 9.78 Å². The summed E-state index contributed by atoms with van der Waals surface area (Å²) in [5.41, 5.74) is 2.78. The minimum absolute atomic E-state index is 0.275. The van der Waals surface area contributed by atoms with E-state index in [1.165, 1.54) is 22.9 Å². The molecule has 0 aliphatic rings. The second-order valence-electron chi connectivity index (χ2n) is 4.25. The molecule has 0 aliphatic carbocycles. The number of nitrogens with zero attached hydrogens (tertiary/aromatic N) is 1. The monoisotopic (exact) mass is 273 g/mol. The lowest BCUT2D eigenvalue weighted by molar-refractivity contribution is 0.0692. The number of hydrogen-bond acceptors (Lipinski definition) is 3. The highest BCUT2D eigenvalue weighted by Crippen LogP contribution is 2.21. The molecule has 0 atom stereocenters. The standard InChI is InChI=1S/C15H15NO2S/c1-11-4-2-5-12(10-11)7-9-19-14-13(15(17)18)6-3-8-16-14/h2-6,8,10H,7,9H2,1H3,(H,17,18). The van der Waals surface area contributed by atoms with Crippen molar-refractivity contribution in [2.24, 2.45) is 0 Å². The molecule has 2 aromatic rings. The fourth-order valence-electron chi connectivity index (χ4n) is 1.80. The van der Waals surface area contributed by atoms with Gasteiger partial charge in [-0.2, -0.15) is 0 Å². The van der Waals surface area contributed by atoms with Crippen molar-refractivity contribution in [1.82, 2.24) is 4.98 Å². The Bertz CT molecular complexity index is 584. The Kier molecular flexibility index (Phi) is 4.58. The summed E-state index contributed by atoms with van der Waals surface area (Å²) in [4.78, 5) is 15.2. The number of aromatic carboxylic acids is 1. The number of hydrogen-bond donors (Lipinski definition) is 1. The van der Waals surface area contributed by atoms with Gasteiger partial charge in [0.15, 0.2) is 0 Å². The molecule has 4 heteroatoms. The molecule has 98 valence electrons. The van der Waals surface area contributed by atoms with Crippen LogP contribution in [0.4, 0.5) is 0 Å². The zero-order valence-electron chi connectivity index (χ0n) is 10.7. The minimum atomic E-state index is -0.925. The second kappa shape index (κ2) is 6.38. The predicted octanol–water partition coefficient (Wildman–Crippen LogP) is 3.42. The van der Waals surface area contributed by atoms with Crippen LogP contribution in [0.2, 0.25) is 0 Å². The van der Waals surface area contributed by atoms with Gasteiger partial charge in [-0.3, -0.25) is 0 Å². The van der Waals surface area contributed by atoms with Crippen molar-refractivity contribution < 1.29 is 9.90 Å². The van der Waals surface area contributed by atoms with Crippen molar-refractivity contribution in [2.45, 2.75) is 18.4 Å². The van der Waals surface area contributed by atoms with E-state index in [-0.39, 0.29) is 5.56 Å². The van der Waals surface area contributed by atoms with E-state index in [0.717, 1.165) is 12.2 Å². The lowest BCUT2D eigenvalue weighted by Gasteiger charge is -2.05. The summed E-state index contributed by atoms with van der Waals surface area (Å²) in [6.45, 7) is 2.07. The first-order chi connectivity index (χ1) is 9.16. The van der Waals surface area contributed by atoms with E-state index in [9.17, 15) is 4.79 Å². The predicted molar refractivity (Wildman–Crippen MR) is 76.8 cm³/mol. The first-order valence-corrected chi connectivity index (χ1v) is 7.02. The number of aromatic nitrogens is 1.